The summed E-state index contributed by atoms with van der Waals surface area (Å²) in [5.74, 6) is -2.24. The lowest BCUT2D eigenvalue weighted by Gasteiger charge is -2.28. The number of nitrogens with one attached hydrogen (secondary N) is 1. The lowest BCUT2D eigenvalue weighted by Crippen LogP contribution is -2.43. The number of phenols is 1. The molecule has 7 nitrogen and oxygen atoms in total. The maximum Gasteiger partial charge on any atom is 0.324 e. The minimum absolute atomic E-state index is 0.0432. The van der Waals surface area contributed by atoms with E-state index in [2.05, 4.69) is 15.2 Å². The molecule has 2 aliphatic rings. The number of benzene rings is 2. The van der Waals surface area contributed by atoms with E-state index in [-0.39, 0.29) is 29.0 Å². The van der Waals surface area contributed by atoms with E-state index in [4.69, 9.17) is 0 Å². The molecule has 0 saturated carbocycles. The fraction of sp³-hybridized carbons (Fsp3) is 0.280. The van der Waals surface area contributed by atoms with Gasteiger partial charge in [-0.05, 0) is 47.5 Å². The van der Waals surface area contributed by atoms with Crippen LogP contribution in [0, 0.1) is 17.5 Å². The molecule has 5 rings (SSSR count). The molecule has 0 aliphatic carbocycles. The van der Waals surface area contributed by atoms with Gasteiger partial charge in [-0.25, -0.2) is 22.9 Å². The Morgan fingerprint density at radius 2 is 1.57 bits per heavy atom. The number of anilines is 2. The Labute approximate surface area is 200 Å². The second-order valence-electron chi connectivity index (χ2n) is 8.63. The van der Waals surface area contributed by atoms with Gasteiger partial charge in [0, 0.05) is 63.6 Å². The highest BCUT2D eigenvalue weighted by atomic mass is 19.1. The molecule has 35 heavy (non-hydrogen) atoms. The number of pyridine rings is 1. The summed E-state index contributed by atoms with van der Waals surface area (Å²) in [5, 5.41) is 14.3. The number of urea groups is 1. The van der Waals surface area contributed by atoms with E-state index in [0.29, 0.717) is 17.9 Å². The van der Waals surface area contributed by atoms with Gasteiger partial charge in [0.05, 0.1) is 0 Å². The lowest BCUT2D eigenvalue weighted by molar-refractivity contribution is 0.229. The number of aromatic nitrogens is 1. The van der Waals surface area contributed by atoms with Crippen molar-refractivity contribution in [2.45, 2.75) is 0 Å². The Morgan fingerprint density at radius 1 is 0.914 bits per heavy atom. The number of hydrogen-bond donors (Lipinski definition) is 2. The van der Waals surface area contributed by atoms with Gasteiger partial charge >= 0.3 is 6.03 Å². The van der Waals surface area contributed by atoms with E-state index in [1.165, 1.54) is 11.0 Å². The lowest BCUT2D eigenvalue weighted by atomic mass is 9.96. The molecular weight excluding hydrogens is 459 g/mol. The molecule has 2 aliphatic heterocycles. The van der Waals surface area contributed by atoms with Gasteiger partial charge in [-0.15, -0.1) is 0 Å². The molecule has 0 spiro atoms. The van der Waals surface area contributed by atoms with E-state index in [1.807, 2.05) is 0 Å². The Morgan fingerprint density at radius 3 is 2.20 bits per heavy atom. The molecule has 0 bridgehead atoms. The molecular formula is C25H24F3N5O2. The van der Waals surface area contributed by atoms with Gasteiger partial charge in [0.25, 0.3) is 0 Å². The van der Waals surface area contributed by atoms with Crippen LogP contribution in [-0.4, -0.2) is 67.3 Å². The van der Waals surface area contributed by atoms with Crippen LogP contribution in [0.3, 0.4) is 0 Å². The summed E-state index contributed by atoms with van der Waals surface area (Å²) >= 11 is 0. The Bertz CT molecular complexity index is 1270. The summed E-state index contributed by atoms with van der Waals surface area (Å²) in [6.07, 6.45) is 1.58. The minimum Gasteiger partial charge on any atom is -0.507 e. The number of likely N-dealkylation sites (N-methyl/N-ethyl adjacent to an activating group) is 1. The van der Waals surface area contributed by atoms with Crippen LogP contribution in [0.4, 0.5) is 29.5 Å². The molecule has 182 valence electrons. The van der Waals surface area contributed by atoms with Crippen molar-refractivity contribution in [3.63, 3.8) is 0 Å². The molecule has 2 aromatic carbocycles. The number of phenolic OH excluding ortho intramolecular Hbond substituents is 1. The van der Waals surface area contributed by atoms with Gasteiger partial charge in [-0.2, -0.15) is 0 Å². The Kier molecular flexibility index (Phi) is 5.98. The zero-order chi connectivity index (χ0) is 24.7. The predicted octanol–water partition coefficient (Wildman–Crippen LogP) is 3.82. The molecule has 0 atom stereocenters. The summed E-state index contributed by atoms with van der Waals surface area (Å²) in [6.45, 7) is 3.64. The van der Waals surface area contributed by atoms with Gasteiger partial charge in [0.15, 0.2) is 11.6 Å². The largest absolute Gasteiger partial charge is 0.507 e. The topological polar surface area (TPSA) is 71.9 Å². The van der Waals surface area contributed by atoms with Crippen molar-refractivity contribution in [2.24, 2.45) is 0 Å². The Hall–Kier alpha value is -3.79. The SMILES string of the molecule is CN1CCN(c2c(F)cc(-c3cc(F)cc(-c4ccnc(N5CCNCC5)c4)c3O)cc2F)C1=O. The zero-order valence-electron chi connectivity index (χ0n) is 19.1. The molecule has 3 heterocycles. The maximum absolute atomic E-state index is 15.0. The van der Waals surface area contributed by atoms with Crippen LogP contribution in [-0.2, 0) is 0 Å². The van der Waals surface area contributed by atoms with E-state index in [9.17, 15) is 14.3 Å². The van der Waals surface area contributed by atoms with Crippen molar-refractivity contribution in [3.05, 3.63) is 60.0 Å². The van der Waals surface area contributed by atoms with E-state index in [1.54, 1.807) is 25.4 Å². The number of carbonyl (C=O) groups excluding carboxylic acids is 1. The first kappa shape index (κ1) is 23.0. The van der Waals surface area contributed by atoms with Crippen molar-refractivity contribution in [3.8, 4) is 28.0 Å². The molecule has 2 N–H and O–H groups in total. The van der Waals surface area contributed by atoms with Crippen molar-refractivity contribution >= 4 is 17.5 Å². The fourth-order valence-corrected chi connectivity index (χ4v) is 4.53. The Balaban J connectivity index is 1.54. The number of carbonyl (C=O) groups is 1. The van der Waals surface area contributed by atoms with Crippen molar-refractivity contribution in [1.82, 2.24) is 15.2 Å². The van der Waals surface area contributed by atoms with Gasteiger partial charge in [0.2, 0.25) is 0 Å². The number of hydrogen-bond acceptors (Lipinski definition) is 5. The summed E-state index contributed by atoms with van der Waals surface area (Å²) in [7, 11) is 1.55. The molecule has 2 amide bonds. The van der Waals surface area contributed by atoms with Gasteiger partial charge in [-0.3, -0.25) is 4.90 Å². The second kappa shape index (κ2) is 9.10. The minimum atomic E-state index is -0.973. The fourth-order valence-electron chi connectivity index (χ4n) is 4.53. The normalized spacial score (nSPS) is 16.3. The molecule has 2 saturated heterocycles. The summed E-state index contributed by atoms with van der Waals surface area (Å²) in [4.78, 5) is 21.1. The molecule has 10 heteroatoms. The van der Waals surface area contributed by atoms with Crippen LogP contribution in [0.1, 0.15) is 0 Å². The second-order valence-corrected chi connectivity index (χ2v) is 8.63. The number of halogens is 3. The van der Waals surface area contributed by atoms with Crippen molar-refractivity contribution in [2.75, 3.05) is 56.1 Å². The molecule has 0 unspecified atom stereocenters. The van der Waals surface area contributed by atoms with Crippen LogP contribution in [0.15, 0.2) is 42.6 Å². The molecule has 0 radical (unpaired) electrons. The number of rotatable bonds is 4. The van der Waals surface area contributed by atoms with Gasteiger partial charge in [0.1, 0.15) is 23.1 Å². The van der Waals surface area contributed by atoms with E-state index < -0.39 is 29.2 Å². The highest BCUT2D eigenvalue weighted by Gasteiger charge is 2.31. The summed E-state index contributed by atoms with van der Waals surface area (Å²) in [5.41, 5.74) is 0.136. The summed E-state index contributed by atoms with van der Waals surface area (Å²) < 4.78 is 44.7. The average Bonchev–Trinajstić information content (AvgIpc) is 3.18. The number of piperazine rings is 1. The zero-order valence-corrected chi connectivity index (χ0v) is 19.1. The molecule has 2 fully saturated rings. The van der Waals surface area contributed by atoms with Gasteiger partial charge < -0.3 is 20.2 Å². The van der Waals surface area contributed by atoms with Crippen LogP contribution in [0.25, 0.3) is 22.3 Å². The first-order valence-electron chi connectivity index (χ1n) is 11.3. The summed E-state index contributed by atoms with van der Waals surface area (Å²) in [6, 6.07) is 7.09. The van der Waals surface area contributed by atoms with Gasteiger partial charge in [-0.1, -0.05) is 0 Å². The predicted molar refractivity (Wildman–Crippen MR) is 127 cm³/mol. The number of aromatic hydroxyl groups is 1. The standard InChI is InChI=1S/C25H24F3N5O2/c1-31-8-9-33(25(31)35)23-20(27)10-16(11-21(23)28)19-14-17(26)13-18(24(19)34)15-2-3-30-22(12-15)32-6-4-29-5-7-32/h2-3,10-14,29,34H,4-9H2,1H3. The van der Waals surface area contributed by atoms with E-state index in [0.717, 1.165) is 49.3 Å². The quantitative estimate of drug-likeness (QED) is 0.591. The third-order valence-corrected chi connectivity index (χ3v) is 6.39. The third-order valence-electron chi connectivity index (χ3n) is 6.39. The van der Waals surface area contributed by atoms with Crippen LogP contribution in [0.5, 0.6) is 5.75 Å². The average molecular weight is 483 g/mol. The smallest absolute Gasteiger partial charge is 0.324 e. The van der Waals surface area contributed by atoms with E-state index >= 15 is 8.78 Å². The van der Waals surface area contributed by atoms with Crippen molar-refractivity contribution in [1.29, 1.82) is 0 Å². The van der Waals surface area contributed by atoms with Crippen LogP contribution in [0.2, 0.25) is 0 Å². The molecule has 1 aromatic heterocycles. The number of amides is 2. The first-order chi connectivity index (χ1) is 16.8. The third kappa shape index (κ3) is 4.25. The number of nitrogens with zero attached hydrogens (tertiary/aromatic N) is 4. The van der Waals surface area contributed by atoms with Crippen LogP contribution >= 0.6 is 0 Å². The highest BCUT2D eigenvalue weighted by Crippen LogP contribution is 2.41. The monoisotopic (exact) mass is 483 g/mol. The highest BCUT2D eigenvalue weighted by molar-refractivity contribution is 5.94. The van der Waals surface area contributed by atoms with Crippen LogP contribution < -0.4 is 15.1 Å². The van der Waals surface area contributed by atoms with Crippen molar-refractivity contribution < 1.29 is 23.1 Å². The first-order valence-corrected chi connectivity index (χ1v) is 11.3. The maximum atomic E-state index is 15.0. The molecule has 3 aromatic rings.